The molecule has 0 saturated carbocycles. The molecule has 1 aliphatic rings. The predicted octanol–water partition coefficient (Wildman–Crippen LogP) is 4.51. The van der Waals surface area contributed by atoms with E-state index in [2.05, 4.69) is 37.3 Å². The lowest BCUT2D eigenvalue weighted by Gasteiger charge is -2.46. The number of hydrogen-bond acceptors (Lipinski definition) is 2. The molecule has 1 saturated heterocycles. The van der Waals surface area contributed by atoms with Crippen LogP contribution in [0.5, 0.6) is 0 Å². The van der Waals surface area contributed by atoms with Crippen LogP contribution in [0.2, 0.25) is 0 Å². The fourth-order valence-corrected chi connectivity index (χ4v) is 3.10. The van der Waals surface area contributed by atoms with Crippen LogP contribution in [0.1, 0.15) is 42.6 Å². The Morgan fingerprint density at radius 3 is 2.62 bits per heavy atom. The van der Waals surface area contributed by atoms with Gasteiger partial charge in [0.1, 0.15) is 5.60 Å². The molecule has 2 aromatic carbocycles. The van der Waals surface area contributed by atoms with E-state index in [0.29, 0.717) is 13.1 Å². The summed E-state index contributed by atoms with van der Waals surface area (Å²) in [6.45, 7) is 5.52. The lowest BCUT2D eigenvalue weighted by molar-refractivity contribution is -0.0947. The number of amides is 1. The van der Waals surface area contributed by atoms with E-state index in [4.69, 9.17) is 4.74 Å². The van der Waals surface area contributed by atoms with Crippen molar-refractivity contribution in [3.8, 4) is 0 Å². The first-order chi connectivity index (χ1) is 11.5. The second-order valence-electron chi connectivity index (χ2n) is 6.83. The van der Waals surface area contributed by atoms with E-state index in [1.54, 1.807) is 7.11 Å². The molecular formula is C21H25NO2. The van der Waals surface area contributed by atoms with E-state index in [1.807, 2.05) is 30.0 Å². The highest BCUT2D eigenvalue weighted by atomic mass is 16.5. The lowest BCUT2D eigenvalue weighted by Crippen LogP contribution is -2.62. The number of likely N-dealkylation sites (tertiary alicyclic amines) is 1. The number of hydrogen-bond donors (Lipinski definition) is 0. The molecule has 3 rings (SSSR count). The predicted molar refractivity (Wildman–Crippen MR) is 99.2 cm³/mol. The van der Waals surface area contributed by atoms with Gasteiger partial charge in [-0.15, -0.1) is 0 Å². The Morgan fingerprint density at radius 1 is 1.21 bits per heavy atom. The third-order valence-corrected chi connectivity index (χ3v) is 4.71. The minimum atomic E-state index is -0.188. The van der Waals surface area contributed by atoms with Crippen molar-refractivity contribution in [3.63, 3.8) is 0 Å². The summed E-state index contributed by atoms with van der Waals surface area (Å²) in [5.74, 6) is 0.0818. The normalized spacial score (nSPS) is 16.5. The molecule has 3 heteroatoms. The Morgan fingerprint density at radius 2 is 1.92 bits per heavy atom. The number of fused-ring (bicyclic) bond motifs is 1. The van der Waals surface area contributed by atoms with Crippen LogP contribution in [0.3, 0.4) is 0 Å². The van der Waals surface area contributed by atoms with E-state index in [0.717, 1.165) is 29.2 Å². The van der Waals surface area contributed by atoms with Crippen molar-refractivity contribution >= 4 is 22.8 Å². The first kappa shape index (κ1) is 16.7. The Balaban J connectivity index is 1.77. The number of benzene rings is 2. The van der Waals surface area contributed by atoms with Crippen molar-refractivity contribution in [3.05, 3.63) is 53.6 Å². The van der Waals surface area contributed by atoms with E-state index in [1.165, 1.54) is 5.56 Å². The van der Waals surface area contributed by atoms with Gasteiger partial charge in [0.2, 0.25) is 0 Å². The van der Waals surface area contributed by atoms with Gasteiger partial charge in [0.15, 0.2) is 0 Å². The first-order valence-corrected chi connectivity index (χ1v) is 8.59. The standard InChI is InChI=1S/C21H25NO2/c1-4-5-6-7-16-8-9-18-13-19(11-10-17(18)12-16)20(23)22-14-21(2,15-22)24-3/h6-13H,4-5,14-15H2,1-3H3/b7-6+. The molecule has 0 bridgehead atoms. The van der Waals surface area contributed by atoms with E-state index >= 15 is 0 Å². The molecular weight excluding hydrogens is 298 g/mol. The van der Waals surface area contributed by atoms with E-state index in [-0.39, 0.29) is 11.5 Å². The average molecular weight is 323 g/mol. The molecule has 0 atom stereocenters. The van der Waals surface area contributed by atoms with E-state index < -0.39 is 0 Å². The zero-order valence-electron chi connectivity index (χ0n) is 14.7. The minimum Gasteiger partial charge on any atom is -0.375 e. The molecule has 1 aliphatic heterocycles. The van der Waals surface area contributed by atoms with Crippen LogP contribution in [-0.4, -0.2) is 36.6 Å². The van der Waals surface area contributed by atoms with Crippen LogP contribution >= 0.6 is 0 Å². The van der Waals surface area contributed by atoms with Gasteiger partial charge < -0.3 is 9.64 Å². The van der Waals surface area contributed by atoms with Gasteiger partial charge in [-0.3, -0.25) is 4.79 Å². The third-order valence-electron chi connectivity index (χ3n) is 4.71. The van der Waals surface area contributed by atoms with Gasteiger partial charge in [0.05, 0.1) is 13.1 Å². The molecule has 0 N–H and O–H groups in total. The van der Waals surface area contributed by atoms with Gasteiger partial charge in [0, 0.05) is 12.7 Å². The van der Waals surface area contributed by atoms with Crippen LogP contribution in [0, 0.1) is 0 Å². The maximum Gasteiger partial charge on any atom is 0.254 e. The van der Waals surface area contributed by atoms with Crippen molar-refractivity contribution in [1.82, 2.24) is 4.90 Å². The molecule has 0 unspecified atom stereocenters. The molecule has 1 heterocycles. The van der Waals surface area contributed by atoms with Crippen molar-refractivity contribution < 1.29 is 9.53 Å². The second kappa shape index (κ2) is 6.78. The summed E-state index contributed by atoms with van der Waals surface area (Å²) in [7, 11) is 1.70. The summed E-state index contributed by atoms with van der Waals surface area (Å²) in [5.41, 5.74) is 1.76. The highest BCUT2D eigenvalue weighted by Gasteiger charge is 2.41. The number of ether oxygens (including phenoxy) is 1. The number of nitrogens with zero attached hydrogens (tertiary/aromatic N) is 1. The number of allylic oxidation sites excluding steroid dienone is 1. The zero-order valence-corrected chi connectivity index (χ0v) is 14.7. The summed E-state index contributed by atoms with van der Waals surface area (Å²) in [4.78, 5) is 14.4. The third kappa shape index (κ3) is 3.36. The summed E-state index contributed by atoms with van der Waals surface area (Å²) in [5, 5.41) is 2.26. The summed E-state index contributed by atoms with van der Waals surface area (Å²) >= 11 is 0. The quantitative estimate of drug-likeness (QED) is 0.810. The van der Waals surface area contributed by atoms with Gasteiger partial charge in [-0.1, -0.05) is 43.7 Å². The minimum absolute atomic E-state index is 0.0818. The first-order valence-electron chi connectivity index (χ1n) is 8.59. The van der Waals surface area contributed by atoms with Gasteiger partial charge in [-0.25, -0.2) is 0 Å². The van der Waals surface area contributed by atoms with Crippen LogP contribution in [-0.2, 0) is 4.74 Å². The number of unbranched alkanes of at least 4 members (excludes halogenated alkanes) is 1. The fourth-order valence-electron chi connectivity index (χ4n) is 3.10. The average Bonchev–Trinajstić information content (AvgIpc) is 2.58. The number of carbonyl (C=O) groups is 1. The van der Waals surface area contributed by atoms with Crippen molar-refractivity contribution in [2.45, 2.75) is 32.3 Å². The number of carbonyl (C=O) groups excluding carboxylic acids is 1. The van der Waals surface area contributed by atoms with Crippen molar-refractivity contribution in [2.24, 2.45) is 0 Å². The van der Waals surface area contributed by atoms with Gasteiger partial charge in [0.25, 0.3) is 5.91 Å². The molecule has 0 aromatic heterocycles. The molecule has 1 fully saturated rings. The largest absolute Gasteiger partial charge is 0.375 e. The smallest absolute Gasteiger partial charge is 0.254 e. The van der Waals surface area contributed by atoms with Crippen LogP contribution in [0.4, 0.5) is 0 Å². The monoisotopic (exact) mass is 323 g/mol. The molecule has 126 valence electrons. The molecule has 0 radical (unpaired) electrons. The molecule has 2 aromatic rings. The highest BCUT2D eigenvalue weighted by Crippen LogP contribution is 2.27. The van der Waals surface area contributed by atoms with Crippen molar-refractivity contribution in [1.29, 1.82) is 0 Å². The van der Waals surface area contributed by atoms with Crippen LogP contribution in [0.15, 0.2) is 42.5 Å². The van der Waals surface area contributed by atoms with Crippen molar-refractivity contribution in [2.75, 3.05) is 20.2 Å². The zero-order chi connectivity index (χ0) is 17.2. The molecule has 0 spiro atoms. The highest BCUT2D eigenvalue weighted by molar-refractivity contribution is 5.99. The summed E-state index contributed by atoms with van der Waals surface area (Å²) in [6, 6.07) is 12.3. The van der Waals surface area contributed by atoms with Gasteiger partial charge in [-0.05, 0) is 47.9 Å². The van der Waals surface area contributed by atoms with Gasteiger partial charge in [-0.2, -0.15) is 0 Å². The molecule has 1 amide bonds. The Hall–Kier alpha value is -2.13. The second-order valence-corrected chi connectivity index (χ2v) is 6.83. The van der Waals surface area contributed by atoms with E-state index in [9.17, 15) is 4.79 Å². The maximum absolute atomic E-state index is 12.6. The SMILES string of the molecule is CCC/C=C/c1ccc2cc(C(=O)N3CC(C)(OC)C3)ccc2c1. The van der Waals surface area contributed by atoms with Gasteiger partial charge >= 0.3 is 0 Å². The molecule has 24 heavy (non-hydrogen) atoms. The maximum atomic E-state index is 12.6. The van der Waals surface area contributed by atoms with Crippen LogP contribution in [0.25, 0.3) is 16.8 Å². The number of methoxy groups -OCH3 is 1. The fraction of sp³-hybridized carbons (Fsp3) is 0.381. The Labute approximate surface area is 143 Å². The van der Waals surface area contributed by atoms with Crippen LogP contribution < -0.4 is 0 Å². The lowest BCUT2D eigenvalue weighted by atomic mass is 9.95. The molecule has 3 nitrogen and oxygen atoms in total. The number of rotatable bonds is 5. The Kier molecular flexibility index (Phi) is 4.72. The molecule has 0 aliphatic carbocycles. The Bertz CT molecular complexity index is 773. The summed E-state index contributed by atoms with van der Waals surface area (Å²) in [6.07, 6.45) is 6.62. The topological polar surface area (TPSA) is 29.5 Å². The summed E-state index contributed by atoms with van der Waals surface area (Å²) < 4.78 is 5.41.